The van der Waals surface area contributed by atoms with Gasteiger partial charge in [-0.05, 0) is 60.7 Å². The van der Waals surface area contributed by atoms with Gasteiger partial charge in [-0.15, -0.1) is 0 Å². The maximum absolute atomic E-state index is 14.4. The number of carbonyl (C=O) groups is 1. The highest BCUT2D eigenvalue weighted by Crippen LogP contribution is 2.49. The number of rotatable bonds is 7. The lowest BCUT2D eigenvalue weighted by Crippen LogP contribution is -2.19. The number of hydrogen-bond acceptors (Lipinski definition) is 5. The van der Waals surface area contributed by atoms with Crippen molar-refractivity contribution in [2.24, 2.45) is 0 Å². The maximum Gasteiger partial charge on any atom is 0.314 e. The summed E-state index contributed by atoms with van der Waals surface area (Å²) in [6, 6.07) is 27.4. The number of pyridine rings is 1. The maximum atomic E-state index is 14.4. The van der Waals surface area contributed by atoms with Crippen LogP contribution in [-0.2, 0) is 10.2 Å². The lowest BCUT2D eigenvalue weighted by atomic mass is 9.92. The molecule has 1 aliphatic carbocycles. The molecule has 0 aliphatic heterocycles. The Labute approximate surface area is 218 Å². The minimum absolute atomic E-state index is 0.338. The average molecular weight is 506 g/mol. The quantitative estimate of drug-likeness (QED) is 0.240. The van der Waals surface area contributed by atoms with Crippen molar-refractivity contribution in [1.82, 2.24) is 10.1 Å². The fraction of sp³-hybridized carbons (Fsp3) is 0.129. The van der Waals surface area contributed by atoms with E-state index in [2.05, 4.69) is 15.5 Å². The van der Waals surface area contributed by atoms with Crippen LogP contribution in [0.1, 0.15) is 24.1 Å². The standard InChI is InChI=1S/C31H24FN3O3/c1-19-28(34-27-12-6-11-26(33-27)24-9-4-5-10-25(24)32)29(38-35-19)23-8-3-2-7-22(23)20-13-15-21(16-14-20)31(17-18-31)30(36)37/h2-16H,17-18H2,1H3,(H,33,34)(H,36,37). The molecule has 2 aromatic heterocycles. The number of benzene rings is 3. The van der Waals surface area contributed by atoms with E-state index in [0.29, 0.717) is 47.1 Å². The van der Waals surface area contributed by atoms with Crippen molar-refractivity contribution in [1.29, 1.82) is 0 Å². The summed E-state index contributed by atoms with van der Waals surface area (Å²) in [7, 11) is 0. The van der Waals surface area contributed by atoms with Gasteiger partial charge in [0.1, 0.15) is 23.0 Å². The van der Waals surface area contributed by atoms with E-state index in [0.717, 1.165) is 22.3 Å². The first kappa shape index (κ1) is 23.6. The normalized spacial score (nSPS) is 13.7. The highest BCUT2D eigenvalue weighted by molar-refractivity contribution is 5.89. The topological polar surface area (TPSA) is 88.2 Å². The van der Waals surface area contributed by atoms with Gasteiger partial charge in [-0.25, -0.2) is 9.37 Å². The molecule has 5 aromatic rings. The molecule has 0 saturated heterocycles. The predicted octanol–water partition coefficient (Wildman–Crippen LogP) is 7.38. The predicted molar refractivity (Wildman–Crippen MR) is 144 cm³/mol. The van der Waals surface area contributed by atoms with Crippen molar-refractivity contribution in [3.05, 3.63) is 108 Å². The van der Waals surface area contributed by atoms with E-state index >= 15 is 0 Å². The summed E-state index contributed by atoms with van der Waals surface area (Å²) in [5, 5.41) is 17.2. The number of nitrogens with one attached hydrogen (secondary N) is 1. The second kappa shape index (κ2) is 9.27. The van der Waals surface area contributed by atoms with Gasteiger partial charge in [-0.2, -0.15) is 0 Å². The van der Waals surface area contributed by atoms with Crippen LogP contribution in [0.5, 0.6) is 0 Å². The molecule has 6 nitrogen and oxygen atoms in total. The number of aliphatic carboxylic acids is 1. The fourth-order valence-corrected chi connectivity index (χ4v) is 4.80. The number of aromatic nitrogens is 2. The first-order valence-electron chi connectivity index (χ1n) is 12.4. The Morgan fingerprint density at radius 1 is 0.895 bits per heavy atom. The second-order valence-corrected chi connectivity index (χ2v) is 9.50. The number of aryl methyl sites for hydroxylation is 1. The Morgan fingerprint density at radius 2 is 1.58 bits per heavy atom. The van der Waals surface area contributed by atoms with E-state index in [1.54, 1.807) is 30.3 Å². The van der Waals surface area contributed by atoms with Crippen molar-refractivity contribution >= 4 is 17.5 Å². The number of carboxylic acids is 1. The number of carboxylic acid groups (broad SMARTS) is 1. The van der Waals surface area contributed by atoms with Gasteiger partial charge in [0.15, 0.2) is 5.76 Å². The Morgan fingerprint density at radius 3 is 2.26 bits per heavy atom. The summed E-state index contributed by atoms with van der Waals surface area (Å²) >= 11 is 0. The molecule has 3 aromatic carbocycles. The van der Waals surface area contributed by atoms with Gasteiger partial charge < -0.3 is 14.9 Å². The number of halogens is 1. The van der Waals surface area contributed by atoms with Gasteiger partial charge in [0.25, 0.3) is 0 Å². The minimum Gasteiger partial charge on any atom is -0.481 e. The molecule has 1 aliphatic rings. The molecule has 0 unspecified atom stereocenters. The minimum atomic E-state index is -0.772. The van der Waals surface area contributed by atoms with Crippen LogP contribution in [0.4, 0.5) is 15.9 Å². The Balaban J connectivity index is 1.35. The molecule has 2 heterocycles. The Kier molecular flexibility index (Phi) is 5.76. The zero-order valence-electron chi connectivity index (χ0n) is 20.6. The summed E-state index contributed by atoms with van der Waals surface area (Å²) in [5.41, 5.74) is 5.01. The van der Waals surface area contributed by atoms with Crippen LogP contribution in [0, 0.1) is 12.7 Å². The first-order valence-corrected chi connectivity index (χ1v) is 12.4. The summed E-state index contributed by atoms with van der Waals surface area (Å²) in [5.74, 6) is -0.0332. The van der Waals surface area contributed by atoms with E-state index < -0.39 is 11.4 Å². The molecule has 0 bridgehead atoms. The van der Waals surface area contributed by atoms with Crippen molar-refractivity contribution in [2.45, 2.75) is 25.2 Å². The van der Waals surface area contributed by atoms with Crippen molar-refractivity contribution in [3.8, 4) is 33.7 Å². The molecule has 7 heteroatoms. The largest absolute Gasteiger partial charge is 0.481 e. The molecular formula is C31H24FN3O3. The summed E-state index contributed by atoms with van der Waals surface area (Å²) in [6.45, 7) is 1.84. The van der Waals surface area contributed by atoms with Crippen molar-refractivity contribution < 1.29 is 18.8 Å². The van der Waals surface area contributed by atoms with Crippen LogP contribution < -0.4 is 5.32 Å². The van der Waals surface area contributed by atoms with E-state index in [9.17, 15) is 14.3 Å². The van der Waals surface area contributed by atoms with Gasteiger partial charge in [-0.1, -0.05) is 71.9 Å². The molecule has 2 N–H and O–H groups in total. The van der Waals surface area contributed by atoms with Crippen LogP contribution in [0.15, 0.2) is 95.5 Å². The molecule has 1 saturated carbocycles. The van der Waals surface area contributed by atoms with E-state index in [-0.39, 0.29) is 5.82 Å². The second-order valence-electron chi connectivity index (χ2n) is 9.50. The third-order valence-corrected chi connectivity index (χ3v) is 7.09. The summed E-state index contributed by atoms with van der Waals surface area (Å²) in [6.07, 6.45) is 1.33. The Bertz CT molecular complexity index is 1660. The molecular weight excluding hydrogens is 481 g/mol. The van der Waals surface area contributed by atoms with Crippen LogP contribution in [0.2, 0.25) is 0 Å². The molecule has 1 fully saturated rings. The molecule has 0 atom stereocenters. The average Bonchev–Trinajstić information content (AvgIpc) is 3.69. The van der Waals surface area contributed by atoms with Gasteiger partial charge in [0, 0.05) is 11.1 Å². The third kappa shape index (κ3) is 4.12. The van der Waals surface area contributed by atoms with E-state index in [4.69, 9.17) is 4.52 Å². The number of hydrogen-bond donors (Lipinski definition) is 2. The molecule has 0 amide bonds. The van der Waals surface area contributed by atoms with Gasteiger partial charge >= 0.3 is 5.97 Å². The van der Waals surface area contributed by atoms with Gasteiger partial charge in [0.2, 0.25) is 0 Å². The molecule has 38 heavy (non-hydrogen) atoms. The monoisotopic (exact) mass is 505 g/mol. The molecule has 6 rings (SSSR count). The van der Waals surface area contributed by atoms with E-state index in [1.165, 1.54) is 6.07 Å². The van der Waals surface area contributed by atoms with Crippen LogP contribution in [0.25, 0.3) is 33.7 Å². The summed E-state index contributed by atoms with van der Waals surface area (Å²) < 4.78 is 20.1. The highest BCUT2D eigenvalue weighted by atomic mass is 19.1. The lowest BCUT2D eigenvalue weighted by Gasteiger charge is -2.13. The SMILES string of the molecule is Cc1noc(-c2ccccc2-c2ccc(C3(C(=O)O)CC3)cc2)c1Nc1cccc(-c2ccccc2F)n1. The fourth-order valence-electron chi connectivity index (χ4n) is 4.80. The number of anilines is 2. The third-order valence-electron chi connectivity index (χ3n) is 7.09. The molecule has 0 radical (unpaired) electrons. The smallest absolute Gasteiger partial charge is 0.314 e. The lowest BCUT2D eigenvalue weighted by molar-refractivity contribution is -0.140. The molecule has 188 valence electrons. The zero-order valence-corrected chi connectivity index (χ0v) is 20.6. The molecule has 0 spiro atoms. The Hall–Kier alpha value is -4.78. The van der Waals surface area contributed by atoms with E-state index in [1.807, 2.05) is 61.5 Å². The van der Waals surface area contributed by atoms with Crippen molar-refractivity contribution in [3.63, 3.8) is 0 Å². The van der Waals surface area contributed by atoms with Gasteiger partial charge in [0.05, 0.1) is 11.1 Å². The highest BCUT2D eigenvalue weighted by Gasteiger charge is 2.51. The van der Waals surface area contributed by atoms with Crippen molar-refractivity contribution in [2.75, 3.05) is 5.32 Å². The van der Waals surface area contributed by atoms with Crippen LogP contribution in [-0.4, -0.2) is 21.2 Å². The zero-order chi connectivity index (χ0) is 26.3. The summed E-state index contributed by atoms with van der Waals surface area (Å²) in [4.78, 5) is 16.4. The number of nitrogens with zero attached hydrogens (tertiary/aromatic N) is 2. The van der Waals surface area contributed by atoms with Crippen LogP contribution >= 0.6 is 0 Å². The van der Waals surface area contributed by atoms with Gasteiger partial charge in [-0.3, -0.25) is 4.79 Å². The first-order chi connectivity index (χ1) is 18.5. The van der Waals surface area contributed by atoms with Crippen LogP contribution in [0.3, 0.4) is 0 Å².